The van der Waals surface area contributed by atoms with Gasteiger partial charge < -0.3 is 19.5 Å². The fraction of sp³-hybridized carbons (Fsp3) is 0.294. The van der Waals surface area contributed by atoms with E-state index in [0.29, 0.717) is 36.8 Å². The molecule has 0 fully saturated rings. The van der Waals surface area contributed by atoms with Crippen molar-refractivity contribution in [2.75, 3.05) is 27.4 Å². The Morgan fingerprint density at radius 1 is 1.13 bits per heavy atom. The van der Waals surface area contributed by atoms with Gasteiger partial charge in [-0.05, 0) is 29.8 Å². The second-order valence-corrected chi connectivity index (χ2v) is 4.78. The predicted molar refractivity (Wildman–Crippen MR) is 85.8 cm³/mol. The molecule has 1 heterocycles. The minimum Gasteiger partial charge on any atom is -0.495 e. The molecule has 1 aromatic heterocycles. The Balaban J connectivity index is 1.93. The third-order valence-corrected chi connectivity index (χ3v) is 3.11. The summed E-state index contributed by atoms with van der Waals surface area (Å²) in [5.74, 6) is 1.12. The Labute approximate surface area is 135 Å². The standard InChI is InChI=1S/C17H20N2O4/c1-21-6-7-23-15-5-3-4-14(9-15)17(20)19-11-13-8-16(22-2)12-18-10-13/h3-5,8-10,12H,6-7,11H2,1-2H3,(H,19,20). The number of nitrogens with one attached hydrogen (secondary N) is 1. The third-order valence-electron chi connectivity index (χ3n) is 3.11. The summed E-state index contributed by atoms with van der Waals surface area (Å²) < 4.78 is 15.5. The molecule has 122 valence electrons. The normalized spacial score (nSPS) is 10.2. The first-order valence-electron chi connectivity index (χ1n) is 7.21. The maximum absolute atomic E-state index is 12.2. The lowest BCUT2D eigenvalue weighted by Gasteiger charge is -2.09. The lowest BCUT2D eigenvalue weighted by molar-refractivity contribution is 0.0950. The van der Waals surface area contributed by atoms with E-state index in [9.17, 15) is 4.79 Å². The molecule has 1 amide bonds. The van der Waals surface area contributed by atoms with Crippen molar-refractivity contribution in [1.82, 2.24) is 10.3 Å². The molecule has 0 saturated carbocycles. The molecular weight excluding hydrogens is 296 g/mol. The largest absolute Gasteiger partial charge is 0.495 e. The molecular formula is C17H20N2O4. The van der Waals surface area contributed by atoms with Gasteiger partial charge in [-0.1, -0.05) is 6.07 Å². The molecule has 1 N–H and O–H groups in total. The van der Waals surface area contributed by atoms with E-state index in [1.807, 2.05) is 6.07 Å². The van der Waals surface area contributed by atoms with Gasteiger partial charge in [0, 0.05) is 25.4 Å². The predicted octanol–water partition coefficient (Wildman–Crippen LogP) is 2.05. The molecule has 0 bridgehead atoms. The summed E-state index contributed by atoms with van der Waals surface area (Å²) >= 11 is 0. The number of pyridine rings is 1. The minimum atomic E-state index is -0.176. The van der Waals surface area contributed by atoms with Crippen LogP contribution in [0.4, 0.5) is 0 Å². The van der Waals surface area contributed by atoms with E-state index in [1.54, 1.807) is 50.9 Å². The number of benzene rings is 1. The average molecular weight is 316 g/mol. The zero-order chi connectivity index (χ0) is 16.5. The Bertz CT molecular complexity index is 646. The molecule has 0 aliphatic heterocycles. The highest BCUT2D eigenvalue weighted by Crippen LogP contribution is 2.14. The molecule has 0 unspecified atom stereocenters. The summed E-state index contributed by atoms with van der Waals surface area (Å²) in [6.07, 6.45) is 3.30. The molecule has 6 nitrogen and oxygen atoms in total. The number of methoxy groups -OCH3 is 2. The van der Waals surface area contributed by atoms with Gasteiger partial charge >= 0.3 is 0 Å². The quantitative estimate of drug-likeness (QED) is 0.755. The van der Waals surface area contributed by atoms with E-state index in [4.69, 9.17) is 14.2 Å². The maximum atomic E-state index is 12.2. The molecule has 0 aliphatic carbocycles. The van der Waals surface area contributed by atoms with Crippen molar-refractivity contribution >= 4 is 5.91 Å². The molecule has 6 heteroatoms. The molecule has 0 saturated heterocycles. The minimum absolute atomic E-state index is 0.176. The van der Waals surface area contributed by atoms with Crippen LogP contribution in [0.1, 0.15) is 15.9 Å². The van der Waals surface area contributed by atoms with Gasteiger partial charge in [-0.3, -0.25) is 9.78 Å². The number of hydrogen-bond donors (Lipinski definition) is 1. The van der Waals surface area contributed by atoms with Crippen molar-refractivity contribution in [2.24, 2.45) is 0 Å². The van der Waals surface area contributed by atoms with Gasteiger partial charge in [0.15, 0.2) is 0 Å². The lowest BCUT2D eigenvalue weighted by Crippen LogP contribution is -2.22. The van der Waals surface area contributed by atoms with Crippen LogP contribution in [0.15, 0.2) is 42.7 Å². The SMILES string of the molecule is COCCOc1cccc(C(=O)NCc2cncc(OC)c2)c1. The van der Waals surface area contributed by atoms with Crippen LogP contribution in [0.5, 0.6) is 11.5 Å². The second-order valence-electron chi connectivity index (χ2n) is 4.78. The summed E-state index contributed by atoms with van der Waals surface area (Å²) in [5.41, 5.74) is 1.40. The summed E-state index contributed by atoms with van der Waals surface area (Å²) in [4.78, 5) is 16.3. The smallest absolute Gasteiger partial charge is 0.251 e. The van der Waals surface area contributed by atoms with E-state index in [0.717, 1.165) is 5.56 Å². The zero-order valence-electron chi connectivity index (χ0n) is 13.2. The number of rotatable bonds is 8. The number of aromatic nitrogens is 1. The zero-order valence-corrected chi connectivity index (χ0v) is 13.2. The van der Waals surface area contributed by atoms with Gasteiger partial charge in [-0.2, -0.15) is 0 Å². The number of amides is 1. The first kappa shape index (κ1) is 16.8. The van der Waals surface area contributed by atoms with Gasteiger partial charge in [-0.15, -0.1) is 0 Å². The van der Waals surface area contributed by atoms with Gasteiger partial charge in [0.05, 0.1) is 19.9 Å². The van der Waals surface area contributed by atoms with Crippen LogP contribution in [-0.4, -0.2) is 38.3 Å². The van der Waals surface area contributed by atoms with Gasteiger partial charge in [0.2, 0.25) is 0 Å². The Morgan fingerprint density at radius 3 is 2.78 bits per heavy atom. The monoisotopic (exact) mass is 316 g/mol. The van der Waals surface area contributed by atoms with E-state index in [2.05, 4.69) is 10.3 Å². The molecule has 0 aliphatic rings. The van der Waals surface area contributed by atoms with Crippen molar-refractivity contribution in [3.05, 3.63) is 53.9 Å². The molecule has 23 heavy (non-hydrogen) atoms. The summed E-state index contributed by atoms with van der Waals surface area (Å²) in [6.45, 7) is 1.31. The molecule has 0 spiro atoms. The van der Waals surface area contributed by atoms with Crippen molar-refractivity contribution in [2.45, 2.75) is 6.54 Å². The van der Waals surface area contributed by atoms with Crippen molar-refractivity contribution in [3.8, 4) is 11.5 Å². The summed E-state index contributed by atoms with van der Waals surface area (Å²) in [5, 5.41) is 2.85. The Kier molecular flexibility index (Phi) is 6.38. The number of carbonyl (C=O) groups excluding carboxylic acids is 1. The number of nitrogens with zero attached hydrogens (tertiary/aromatic N) is 1. The van der Waals surface area contributed by atoms with E-state index in [-0.39, 0.29) is 5.91 Å². The van der Waals surface area contributed by atoms with E-state index >= 15 is 0 Å². The molecule has 2 aromatic rings. The molecule has 2 rings (SSSR count). The van der Waals surface area contributed by atoms with Crippen LogP contribution < -0.4 is 14.8 Å². The van der Waals surface area contributed by atoms with Crippen molar-refractivity contribution in [3.63, 3.8) is 0 Å². The van der Waals surface area contributed by atoms with Crippen LogP contribution >= 0.6 is 0 Å². The number of hydrogen-bond acceptors (Lipinski definition) is 5. The highest BCUT2D eigenvalue weighted by Gasteiger charge is 2.07. The van der Waals surface area contributed by atoms with Crippen LogP contribution in [-0.2, 0) is 11.3 Å². The lowest BCUT2D eigenvalue weighted by atomic mass is 10.2. The first-order chi connectivity index (χ1) is 11.2. The van der Waals surface area contributed by atoms with Crippen LogP contribution in [0.2, 0.25) is 0 Å². The maximum Gasteiger partial charge on any atom is 0.251 e. The van der Waals surface area contributed by atoms with Gasteiger partial charge in [0.1, 0.15) is 18.1 Å². The topological polar surface area (TPSA) is 69.7 Å². The average Bonchev–Trinajstić information content (AvgIpc) is 2.60. The third kappa shape index (κ3) is 5.27. The van der Waals surface area contributed by atoms with Crippen molar-refractivity contribution in [1.29, 1.82) is 0 Å². The fourth-order valence-corrected chi connectivity index (χ4v) is 1.93. The first-order valence-corrected chi connectivity index (χ1v) is 7.21. The van der Waals surface area contributed by atoms with Gasteiger partial charge in [-0.25, -0.2) is 0 Å². The number of carbonyl (C=O) groups is 1. The van der Waals surface area contributed by atoms with Crippen LogP contribution in [0.25, 0.3) is 0 Å². The highest BCUT2D eigenvalue weighted by atomic mass is 16.5. The summed E-state index contributed by atoms with van der Waals surface area (Å²) in [7, 11) is 3.19. The Hall–Kier alpha value is -2.60. The van der Waals surface area contributed by atoms with Gasteiger partial charge in [0.25, 0.3) is 5.91 Å². The van der Waals surface area contributed by atoms with E-state index < -0.39 is 0 Å². The second kappa shape index (κ2) is 8.75. The van der Waals surface area contributed by atoms with Crippen LogP contribution in [0, 0.1) is 0 Å². The Morgan fingerprint density at radius 2 is 2.00 bits per heavy atom. The fourth-order valence-electron chi connectivity index (χ4n) is 1.93. The van der Waals surface area contributed by atoms with E-state index in [1.165, 1.54) is 0 Å². The van der Waals surface area contributed by atoms with Crippen LogP contribution in [0.3, 0.4) is 0 Å². The summed E-state index contributed by atoms with van der Waals surface area (Å²) in [6, 6.07) is 8.86. The molecule has 0 atom stereocenters. The molecule has 0 radical (unpaired) electrons. The number of ether oxygens (including phenoxy) is 3. The highest BCUT2D eigenvalue weighted by molar-refractivity contribution is 5.94. The molecule has 1 aromatic carbocycles. The van der Waals surface area contributed by atoms with Crippen molar-refractivity contribution < 1.29 is 19.0 Å².